The average Bonchev–Trinajstić information content (AvgIpc) is 2.86. The Balaban J connectivity index is 1.73. The molecule has 0 saturated carbocycles. The van der Waals surface area contributed by atoms with E-state index in [1.165, 1.54) is 24.0 Å². The van der Waals surface area contributed by atoms with E-state index in [1.807, 2.05) is 0 Å². The summed E-state index contributed by atoms with van der Waals surface area (Å²) < 4.78 is 10.9. The molecule has 4 heteroatoms. The lowest BCUT2D eigenvalue weighted by Gasteiger charge is -2.32. The molecule has 2 aliphatic rings. The second-order valence-corrected chi connectivity index (χ2v) is 5.47. The minimum atomic E-state index is 0.354. The first-order valence-corrected chi connectivity index (χ1v) is 7.10. The first kappa shape index (κ1) is 12.8. The molecule has 0 amide bonds. The van der Waals surface area contributed by atoms with Crippen LogP contribution in [-0.4, -0.2) is 37.9 Å². The third kappa shape index (κ3) is 2.55. The van der Waals surface area contributed by atoms with Gasteiger partial charge in [-0.05, 0) is 62.0 Å². The van der Waals surface area contributed by atoms with Crippen LogP contribution in [0.25, 0.3) is 0 Å². The van der Waals surface area contributed by atoms with Crippen molar-refractivity contribution in [1.29, 1.82) is 0 Å². The first-order valence-electron chi connectivity index (χ1n) is 7.10. The average molecular weight is 262 g/mol. The van der Waals surface area contributed by atoms with Gasteiger partial charge in [0.2, 0.25) is 6.79 Å². The van der Waals surface area contributed by atoms with E-state index in [1.54, 1.807) is 0 Å². The molecule has 0 spiro atoms. The molecule has 19 heavy (non-hydrogen) atoms. The van der Waals surface area contributed by atoms with Gasteiger partial charge in [-0.15, -0.1) is 0 Å². The standard InChI is InChI=1S/C15H22N2O2/c1-11-8-14-15(19-10-18-14)9-13(11)12-2-5-17(6-3-12)7-4-16/h8-9,12H,2-7,10,16H2,1H3. The number of likely N-dealkylation sites (tertiary alicyclic amines) is 1. The predicted octanol–water partition coefficient (Wildman–Crippen LogP) is 1.86. The zero-order valence-electron chi connectivity index (χ0n) is 11.5. The molecule has 1 fully saturated rings. The Morgan fingerprint density at radius 1 is 1.21 bits per heavy atom. The van der Waals surface area contributed by atoms with E-state index < -0.39 is 0 Å². The summed E-state index contributed by atoms with van der Waals surface area (Å²) in [6, 6.07) is 4.30. The first-order chi connectivity index (χ1) is 9.28. The van der Waals surface area contributed by atoms with Gasteiger partial charge in [0.1, 0.15) is 0 Å². The topological polar surface area (TPSA) is 47.7 Å². The molecule has 2 N–H and O–H groups in total. The van der Waals surface area contributed by atoms with E-state index in [-0.39, 0.29) is 0 Å². The van der Waals surface area contributed by atoms with E-state index >= 15 is 0 Å². The molecule has 1 aromatic carbocycles. The number of hydrogen-bond donors (Lipinski definition) is 1. The summed E-state index contributed by atoms with van der Waals surface area (Å²) in [5.74, 6) is 2.44. The Labute approximate surface area is 114 Å². The molecule has 0 aliphatic carbocycles. The number of benzene rings is 1. The number of nitrogens with zero attached hydrogens (tertiary/aromatic N) is 1. The van der Waals surface area contributed by atoms with Crippen LogP contribution < -0.4 is 15.2 Å². The second-order valence-electron chi connectivity index (χ2n) is 5.47. The Morgan fingerprint density at radius 3 is 2.58 bits per heavy atom. The van der Waals surface area contributed by atoms with Crippen LogP contribution >= 0.6 is 0 Å². The Hall–Kier alpha value is -1.26. The molecule has 0 bridgehead atoms. The summed E-state index contributed by atoms with van der Waals surface area (Å²) in [6.45, 7) is 6.60. The maximum Gasteiger partial charge on any atom is 0.231 e. The van der Waals surface area contributed by atoms with Crippen molar-refractivity contribution in [1.82, 2.24) is 4.90 Å². The molecule has 2 aliphatic heterocycles. The zero-order chi connectivity index (χ0) is 13.2. The number of fused-ring (bicyclic) bond motifs is 1. The van der Waals surface area contributed by atoms with Crippen LogP contribution in [0.2, 0.25) is 0 Å². The maximum atomic E-state index is 5.62. The van der Waals surface area contributed by atoms with Crippen LogP contribution in [0.15, 0.2) is 12.1 Å². The molecule has 0 radical (unpaired) electrons. The highest BCUT2D eigenvalue weighted by atomic mass is 16.7. The van der Waals surface area contributed by atoms with Gasteiger partial charge in [-0.1, -0.05) is 0 Å². The van der Waals surface area contributed by atoms with Crippen molar-refractivity contribution in [2.75, 3.05) is 33.0 Å². The van der Waals surface area contributed by atoms with Gasteiger partial charge in [0, 0.05) is 13.1 Å². The lowest BCUT2D eigenvalue weighted by atomic mass is 9.86. The molecule has 1 saturated heterocycles. The quantitative estimate of drug-likeness (QED) is 0.903. The molecule has 3 rings (SSSR count). The molecular formula is C15H22N2O2. The molecular weight excluding hydrogens is 240 g/mol. The van der Waals surface area contributed by atoms with Crippen molar-refractivity contribution in [3.8, 4) is 11.5 Å². The second kappa shape index (κ2) is 5.39. The van der Waals surface area contributed by atoms with Crippen LogP contribution in [-0.2, 0) is 0 Å². The van der Waals surface area contributed by atoms with E-state index in [4.69, 9.17) is 15.2 Å². The number of aryl methyl sites for hydroxylation is 1. The highest BCUT2D eigenvalue weighted by Gasteiger charge is 2.24. The molecule has 2 heterocycles. The zero-order valence-corrected chi connectivity index (χ0v) is 11.5. The number of nitrogens with two attached hydrogens (primary N) is 1. The maximum absolute atomic E-state index is 5.62. The van der Waals surface area contributed by atoms with Crippen molar-refractivity contribution < 1.29 is 9.47 Å². The van der Waals surface area contributed by atoms with Crippen LogP contribution in [0, 0.1) is 6.92 Å². The third-order valence-corrected chi connectivity index (χ3v) is 4.23. The fraction of sp³-hybridized carbons (Fsp3) is 0.600. The van der Waals surface area contributed by atoms with Gasteiger partial charge in [-0.25, -0.2) is 0 Å². The molecule has 0 unspecified atom stereocenters. The van der Waals surface area contributed by atoms with Crippen LogP contribution in [0.1, 0.15) is 29.9 Å². The van der Waals surface area contributed by atoms with E-state index in [0.29, 0.717) is 12.7 Å². The van der Waals surface area contributed by atoms with Gasteiger partial charge in [0.25, 0.3) is 0 Å². The van der Waals surface area contributed by atoms with Crippen LogP contribution in [0.4, 0.5) is 0 Å². The molecule has 104 valence electrons. The van der Waals surface area contributed by atoms with Crippen molar-refractivity contribution in [3.05, 3.63) is 23.3 Å². The smallest absolute Gasteiger partial charge is 0.231 e. The van der Waals surface area contributed by atoms with Gasteiger partial charge in [0.05, 0.1) is 0 Å². The van der Waals surface area contributed by atoms with Gasteiger partial charge >= 0.3 is 0 Å². The Bertz CT molecular complexity index is 454. The molecule has 4 nitrogen and oxygen atoms in total. The molecule has 1 aromatic rings. The monoisotopic (exact) mass is 262 g/mol. The lowest BCUT2D eigenvalue weighted by Crippen LogP contribution is -2.36. The summed E-state index contributed by atoms with van der Waals surface area (Å²) in [4.78, 5) is 2.46. The van der Waals surface area contributed by atoms with Crippen LogP contribution in [0.5, 0.6) is 11.5 Å². The highest BCUT2D eigenvalue weighted by molar-refractivity contribution is 5.49. The lowest BCUT2D eigenvalue weighted by molar-refractivity contribution is 0.174. The third-order valence-electron chi connectivity index (χ3n) is 4.23. The fourth-order valence-corrected chi connectivity index (χ4v) is 3.15. The van der Waals surface area contributed by atoms with E-state index in [0.717, 1.165) is 37.7 Å². The van der Waals surface area contributed by atoms with Crippen molar-refractivity contribution in [2.24, 2.45) is 5.73 Å². The summed E-state index contributed by atoms with van der Waals surface area (Å²) in [5, 5.41) is 0. The van der Waals surface area contributed by atoms with Gasteiger partial charge < -0.3 is 20.1 Å². The van der Waals surface area contributed by atoms with Gasteiger partial charge in [-0.3, -0.25) is 0 Å². The summed E-state index contributed by atoms with van der Waals surface area (Å²) in [6.07, 6.45) is 2.42. The molecule has 0 atom stereocenters. The van der Waals surface area contributed by atoms with E-state index in [9.17, 15) is 0 Å². The number of rotatable bonds is 3. The number of piperidine rings is 1. The summed E-state index contributed by atoms with van der Waals surface area (Å²) in [7, 11) is 0. The normalized spacial score (nSPS) is 19.9. The molecule has 0 aromatic heterocycles. The number of hydrogen-bond acceptors (Lipinski definition) is 4. The Kier molecular flexibility index (Phi) is 3.62. The summed E-state index contributed by atoms with van der Waals surface area (Å²) in [5.41, 5.74) is 8.37. The van der Waals surface area contributed by atoms with Crippen molar-refractivity contribution in [3.63, 3.8) is 0 Å². The largest absolute Gasteiger partial charge is 0.454 e. The van der Waals surface area contributed by atoms with Crippen molar-refractivity contribution in [2.45, 2.75) is 25.7 Å². The minimum Gasteiger partial charge on any atom is -0.454 e. The van der Waals surface area contributed by atoms with Gasteiger partial charge in [0.15, 0.2) is 11.5 Å². The van der Waals surface area contributed by atoms with Crippen molar-refractivity contribution >= 4 is 0 Å². The summed E-state index contributed by atoms with van der Waals surface area (Å²) >= 11 is 0. The van der Waals surface area contributed by atoms with Gasteiger partial charge in [-0.2, -0.15) is 0 Å². The van der Waals surface area contributed by atoms with E-state index in [2.05, 4.69) is 24.0 Å². The Morgan fingerprint density at radius 2 is 1.89 bits per heavy atom. The minimum absolute atomic E-state index is 0.354. The van der Waals surface area contributed by atoms with Crippen LogP contribution in [0.3, 0.4) is 0 Å². The highest BCUT2D eigenvalue weighted by Crippen LogP contribution is 2.39. The SMILES string of the molecule is Cc1cc2c(cc1C1CCN(CCN)CC1)OCO2. The fourth-order valence-electron chi connectivity index (χ4n) is 3.15. The number of ether oxygens (including phenoxy) is 2. The predicted molar refractivity (Wildman–Crippen MR) is 74.8 cm³/mol.